The highest BCUT2D eigenvalue weighted by Gasteiger charge is 2.00. The predicted octanol–water partition coefficient (Wildman–Crippen LogP) is -0.402. The van der Waals surface area contributed by atoms with Crippen molar-refractivity contribution < 1.29 is 0 Å². The van der Waals surface area contributed by atoms with Crippen molar-refractivity contribution >= 4 is 5.82 Å². The molecule has 5 nitrogen and oxygen atoms in total. The number of hydrogen-bond acceptors (Lipinski definition) is 3. The van der Waals surface area contributed by atoms with Crippen molar-refractivity contribution in [2.24, 2.45) is 0 Å². The molecular weight excluding hydrogens is 158 g/mol. The van der Waals surface area contributed by atoms with Gasteiger partial charge in [0.1, 0.15) is 5.82 Å². The lowest BCUT2D eigenvalue weighted by Gasteiger charge is -2.07. The minimum absolute atomic E-state index is 0.380. The molecule has 2 N–H and O–H groups in total. The maximum absolute atomic E-state index is 11.1. The summed E-state index contributed by atoms with van der Waals surface area (Å²) >= 11 is 0. The van der Waals surface area contributed by atoms with Crippen molar-refractivity contribution in [1.29, 1.82) is 0 Å². The van der Waals surface area contributed by atoms with Crippen LogP contribution in [-0.4, -0.2) is 16.6 Å². The van der Waals surface area contributed by atoms with Crippen LogP contribution in [0.5, 0.6) is 0 Å². The van der Waals surface area contributed by atoms with Gasteiger partial charge in [0.25, 0.3) is 5.56 Å². The van der Waals surface area contributed by atoms with E-state index in [1.54, 1.807) is 7.05 Å². The lowest BCUT2D eigenvalue weighted by molar-refractivity contribution is 0.701. The van der Waals surface area contributed by atoms with Gasteiger partial charge in [-0.1, -0.05) is 0 Å². The van der Waals surface area contributed by atoms with Gasteiger partial charge in [0, 0.05) is 19.7 Å². The highest BCUT2D eigenvalue weighted by Crippen LogP contribution is 1.96. The third-order valence-electron chi connectivity index (χ3n) is 1.61. The van der Waals surface area contributed by atoms with Crippen molar-refractivity contribution in [3.05, 3.63) is 26.9 Å². The van der Waals surface area contributed by atoms with Crippen molar-refractivity contribution in [1.82, 2.24) is 9.55 Å². The summed E-state index contributed by atoms with van der Waals surface area (Å²) in [6.45, 7) is 2.37. The molecular formula is C7H11N3O2. The zero-order valence-corrected chi connectivity index (χ0v) is 7.05. The van der Waals surface area contributed by atoms with E-state index in [4.69, 9.17) is 0 Å². The van der Waals surface area contributed by atoms with Crippen molar-refractivity contribution in [2.75, 3.05) is 12.4 Å². The second-order valence-corrected chi connectivity index (χ2v) is 2.32. The van der Waals surface area contributed by atoms with Gasteiger partial charge in [-0.3, -0.25) is 14.3 Å². The summed E-state index contributed by atoms with van der Waals surface area (Å²) < 4.78 is 1.45. The molecule has 0 fully saturated rings. The Morgan fingerprint density at radius 3 is 2.75 bits per heavy atom. The maximum atomic E-state index is 11.1. The van der Waals surface area contributed by atoms with Crippen LogP contribution in [0.15, 0.2) is 15.7 Å². The fourth-order valence-electron chi connectivity index (χ4n) is 1.04. The van der Waals surface area contributed by atoms with E-state index in [1.165, 1.54) is 10.6 Å². The van der Waals surface area contributed by atoms with E-state index in [9.17, 15) is 9.59 Å². The van der Waals surface area contributed by atoms with Gasteiger partial charge in [-0.05, 0) is 6.92 Å². The minimum atomic E-state index is -0.381. The first-order valence-corrected chi connectivity index (χ1v) is 3.71. The first-order valence-electron chi connectivity index (χ1n) is 3.71. The third-order valence-corrected chi connectivity index (χ3v) is 1.61. The molecule has 0 saturated carbocycles. The molecule has 0 amide bonds. The molecule has 1 aromatic rings. The summed E-state index contributed by atoms with van der Waals surface area (Å²) in [7, 11) is 1.67. The zero-order chi connectivity index (χ0) is 9.14. The van der Waals surface area contributed by atoms with Gasteiger partial charge in [0.2, 0.25) is 0 Å². The van der Waals surface area contributed by atoms with Crippen LogP contribution in [0.4, 0.5) is 5.82 Å². The maximum Gasteiger partial charge on any atom is 0.329 e. The Labute approximate surface area is 69.0 Å². The average Bonchev–Trinajstić information content (AvgIpc) is 2.03. The largest absolute Gasteiger partial charge is 0.374 e. The van der Waals surface area contributed by atoms with Crippen molar-refractivity contribution in [3.63, 3.8) is 0 Å². The molecule has 0 spiro atoms. The molecule has 0 atom stereocenters. The van der Waals surface area contributed by atoms with Gasteiger partial charge in [-0.25, -0.2) is 4.79 Å². The van der Waals surface area contributed by atoms with Crippen LogP contribution in [0.1, 0.15) is 6.92 Å². The number of anilines is 1. The summed E-state index contributed by atoms with van der Waals surface area (Å²) in [6, 6.07) is 1.35. The molecule has 5 heteroatoms. The molecule has 0 radical (unpaired) electrons. The molecule has 0 aliphatic rings. The Bertz CT molecular complexity index is 377. The SMILES string of the molecule is CCn1c(NC)cc(=O)[nH]c1=O. The van der Waals surface area contributed by atoms with E-state index >= 15 is 0 Å². The van der Waals surface area contributed by atoms with E-state index in [0.717, 1.165) is 0 Å². The monoisotopic (exact) mass is 169 g/mol. The fourth-order valence-corrected chi connectivity index (χ4v) is 1.04. The molecule has 66 valence electrons. The van der Waals surface area contributed by atoms with Gasteiger partial charge in [-0.2, -0.15) is 0 Å². The van der Waals surface area contributed by atoms with E-state index in [-0.39, 0.29) is 11.2 Å². The van der Waals surface area contributed by atoms with Gasteiger partial charge < -0.3 is 5.32 Å². The van der Waals surface area contributed by atoms with E-state index in [0.29, 0.717) is 12.4 Å². The van der Waals surface area contributed by atoms with Gasteiger partial charge >= 0.3 is 5.69 Å². The van der Waals surface area contributed by atoms with Crippen LogP contribution >= 0.6 is 0 Å². The Morgan fingerprint density at radius 1 is 1.58 bits per heavy atom. The number of H-pyrrole nitrogens is 1. The number of nitrogens with zero attached hydrogens (tertiary/aromatic N) is 1. The Morgan fingerprint density at radius 2 is 2.25 bits per heavy atom. The summed E-state index contributed by atoms with van der Waals surface area (Å²) in [5.74, 6) is 0.534. The van der Waals surface area contributed by atoms with Crippen LogP contribution in [0.2, 0.25) is 0 Å². The Balaban J connectivity index is 3.44. The summed E-state index contributed by atoms with van der Waals surface area (Å²) in [4.78, 5) is 24.1. The molecule has 0 aliphatic heterocycles. The lowest BCUT2D eigenvalue weighted by atomic mass is 10.5. The molecule has 0 unspecified atom stereocenters. The second-order valence-electron chi connectivity index (χ2n) is 2.32. The highest BCUT2D eigenvalue weighted by atomic mass is 16.2. The van der Waals surface area contributed by atoms with Crippen LogP contribution in [0.3, 0.4) is 0 Å². The van der Waals surface area contributed by atoms with E-state index < -0.39 is 0 Å². The first kappa shape index (κ1) is 8.58. The van der Waals surface area contributed by atoms with Crippen LogP contribution in [0, 0.1) is 0 Å². The smallest absolute Gasteiger partial charge is 0.329 e. The van der Waals surface area contributed by atoms with Crippen LogP contribution < -0.4 is 16.6 Å². The molecule has 0 aliphatic carbocycles. The number of nitrogens with one attached hydrogen (secondary N) is 2. The predicted molar refractivity (Wildman–Crippen MR) is 46.5 cm³/mol. The Kier molecular flexibility index (Phi) is 2.32. The van der Waals surface area contributed by atoms with E-state index in [1.807, 2.05) is 6.92 Å². The number of hydrogen-bond donors (Lipinski definition) is 2. The molecule has 0 aromatic carbocycles. The molecule has 0 bridgehead atoms. The normalized spacial score (nSPS) is 9.83. The standard InChI is InChI=1S/C7H11N3O2/c1-3-10-5(8-2)4-6(11)9-7(10)12/h4,8H,3H2,1-2H3,(H,9,11,12). The summed E-state index contributed by atoms with van der Waals surface area (Å²) in [5.41, 5.74) is -0.761. The summed E-state index contributed by atoms with van der Waals surface area (Å²) in [5, 5.41) is 2.77. The fraction of sp³-hybridized carbons (Fsp3) is 0.429. The molecule has 1 aromatic heterocycles. The number of aromatic nitrogens is 2. The van der Waals surface area contributed by atoms with Gasteiger partial charge in [0.05, 0.1) is 0 Å². The quantitative estimate of drug-likeness (QED) is 0.633. The zero-order valence-electron chi connectivity index (χ0n) is 7.05. The van der Waals surface area contributed by atoms with Gasteiger partial charge in [-0.15, -0.1) is 0 Å². The second kappa shape index (κ2) is 3.25. The molecule has 12 heavy (non-hydrogen) atoms. The molecule has 1 rings (SSSR count). The van der Waals surface area contributed by atoms with Crippen LogP contribution in [-0.2, 0) is 6.54 Å². The summed E-state index contributed by atoms with van der Waals surface area (Å²) in [6.07, 6.45) is 0. The molecule has 0 saturated heterocycles. The lowest BCUT2D eigenvalue weighted by Crippen LogP contribution is -2.30. The minimum Gasteiger partial charge on any atom is -0.374 e. The van der Waals surface area contributed by atoms with Crippen LogP contribution in [0.25, 0.3) is 0 Å². The topological polar surface area (TPSA) is 66.9 Å². The highest BCUT2D eigenvalue weighted by molar-refractivity contribution is 5.32. The number of aromatic amines is 1. The van der Waals surface area contributed by atoms with E-state index in [2.05, 4.69) is 10.3 Å². The Hall–Kier alpha value is -1.52. The van der Waals surface area contributed by atoms with Gasteiger partial charge in [0.15, 0.2) is 0 Å². The first-order chi connectivity index (χ1) is 5.69. The average molecular weight is 169 g/mol. The van der Waals surface area contributed by atoms with Crippen molar-refractivity contribution in [2.45, 2.75) is 13.5 Å². The van der Waals surface area contributed by atoms with Crippen molar-refractivity contribution in [3.8, 4) is 0 Å². The third kappa shape index (κ3) is 1.39. The number of rotatable bonds is 2. The molecule has 1 heterocycles.